The lowest BCUT2D eigenvalue weighted by Gasteiger charge is -2.41. The number of hydrogen-bond donors (Lipinski definition) is 0. The Morgan fingerprint density at radius 1 is 0.957 bits per heavy atom. The lowest BCUT2D eigenvalue weighted by atomic mass is 9.83. The molecule has 0 aliphatic carbocycles. The van der Waals surface area contributed by atoms with Crippen LogP contribution in [-0.2, 0) is 14.3 Å². The van der Waals surface area contributed by atoms with Gasteiger partial charge < -0.3 is 14.4 Å². The summed E-state index contributed by atoms with van der Waals surface area (Å²) in [6.45, 7) is 14.5. The topological polar surface area (TPSA) is 55.8 Å². The van der Waals surface area contributed by atoms with E-state index in [1.165, 1.54) is 0 Å². The van der Waals surface area contributed by atoms with Gasteiger partial charge in [-0.2, -0.15) is 0 Å². The monoisotopic (exact) mass is 439 g/mol. The molecule has 0 N–H and O–H groups in total. The minimum absolute atomic E-state index is 0.197. The molecule has 0 bridgehead atoms. The van der Waals surface area contributed by atoms with Gasteiger partial charge in [-0.05, 0) is 61.3 Å². The molecule has 1 amide bonds. The minimum Gasteiger partial charge on any atom is -0.458 e. The standard InChI is InChI=1S/C17H30INO4/c1-15(2,3)23-14(21)19-10-8-12(9-11-19)17(6,7)22-13(20)16(4,5)18/h12H,8-11H2,1-7H3. The summed E-state index contributed by atoms with van der Waals surface area (Å²) in [7, 11) is 0. The molecular formula is C17H30INO4. The quantitative estimate of drug-likeness (QED) is 0.376. The van der Waals surface area contributed by atoms with Crippen molar-refractivity contribution in [3.8, 4) is 0 Å². The van der Waals surface area contributed by atoms with Crippen LogP contribution in [0.5, 0.6) is 0 Å². The van der Waals surface area contributed by atoms with E-state index in [4.69, 9.17) is 9.47 Å². The van der Waals surface area contributed by atoms with E-state index in [2.05, 4.69) is 22.6 Å². The van der Waals surface area contributed by atoms with Crippen LogP contribution in [0, 0.1) is 5.92 Å². The van der Waals surface area contributed by atoms with E-state index in [-0.39, 0.29) is 18.0 Å². The van der Waals surface area contributed by atoms with Crippen LogP contribution in [0.25, 0.3) is 0 Å². The molecule has 134 valence electrons. The number of carbonyl (C=O) groups is 2. The Bertz CT molecular complexity index is 440. The molecule has 1 aliphatic heterocycles. The highest BCUT2D eigenvalue weighted by atomic mass is 127. The van der Waals surface area contributed by atoms with Gasteiger partial charge in [-0.3, -0.25) is 4.79 Å². The SMILES string of the molecule is CC(C)(C)OC(=O)N1CCC(C(C)(C)OC(=O)C(C)(C)I)CC1. The van der Waals surface area contributed by atoms with Crippen molar-refractivity contribution in [1.82, 2.24) is 4.90 Å². The number of halogens is 1. The molecule has 1 fully saturated rings. The predicted molar refractivity (Wildman–Crippen MR) is 98.8 cm³/mol. The Balaban J connectivity index is 2.58. The number of esters is 1. The summed E-state index contributed by atoms with van der Waals surface area (Å²) < 4.78 is 10.6. The highest BCUT2D eigenvalue weighted by molar-refractivity contribution is 14.1. The number of amides is 1. The minimum atomic E-state index is -0.535. The number of piperidine rings is 1. The van der Waals surface area contributed by atoms with Crippen molar-refractivity contribution in [3.05, 3.63) is 0 Å². The average Bonchev–Trinajstić information content (AvgIpc) is 2.35. The van der Waals surface area contributed by atoms with Gasteiger partial charge in [0.2, 0.25) is 0 Å². The maximum absolute atomic E-state index is 12.1. The van der Waals surface area contributed by atoms with Crippen molar-refractivity contribution in [3.63, 3.8) is 0 Å². The summed E-state index contributed by atoms with van der Waals surface area (Å²) in [5, 5.41) is 0. The van der Waals surface area contributed by atoms with E-state index < -0.39 is 14.6 Å². The smallest absolute Gasteiger partial charge is 0.410 e. The van der Waals surface area contributed by atoms with Crippen LogP contribution in [0.4, 0.5) is 4.79 Å². The van der Waals surface area contributed by atoms with Crippen molar-refractivity contribution in [2.24, 2.45) is 5.92 Å². The molecule has 1 heterocycles. The number of ether oxygens (including phenoxy) is 2. The first-order chi connectivity index (χ1) is 10.2. The molecule has 0 aromatic heterocycles. The van der Waals surface area contributed by atoms with Crippen molar-refractivity contribution in [2.45, 2.75) is 75.9 Å². The third-order valence-corrected chi connectivity index (χ3v) is 4.41. The zero-order chi connectivity index (χ0) is 18.1. The summed E-state index contributed by atoms with van der Waals surface area (Å²) >= 11 is 2.09. The van der Waals surface area contributed by atoms with E-state index in [9.17, 15) is 9.59 Å². The third-order valence-electron chi connectivity index (χ3n) is 3.97. The number of carbonyl (C=O) groups excluding carboxylic acids is 2. The second-order valence-corrected chi connectivity index (χ2v) is 10.9. The van der Waals surface area contributed by atoms with E-state index >= 15 is 0 Å². The predicted octanol–water partition coefficient (Wildman–Crippen LogP) is 4.17. The zero-order valence-corrected chi connectivity index (χ0v) is 17.5. The normalized spacial score (nSPS) is 17.8. The fourth-order valence-corrected chi connectivity index (χ4v) is 2.64. The van der Waals surface area contributed by atoms with Gasteiger partial charge in [0.15, 0.2) is 0 Å². The van der Waals surface area contributed by atoms with E-state index in [0.717, 1.165) is 12.8 Å². The molecule has 0 aromatic carbocycles. The van der Waals surface area contributed by atoms with Crippen LogP contribution in [0.15, 0.2) is 0 Å². The first-order valence-corrected chi connectivity index (χ1v) is 9.20. The molecule has 1 saturated heterocycles. The van der Waals surface area contributed by atoms with Crippen molar-refractivity contribution >= 4 is 34.7 Å². The summed E-state index contributed by atoms with van der Waals surface area (Å²) in [5.74, 6) is 0.0431. The Morgan fingerprint density at radius 3 is 1.83 bits per heavy atom. The van der Waals surface area contributed by atoms with Crippen LogP contribution in [-0.4, -0.2) is 44.7 Å². The molecule has 0 atom stereocenters. The summed E-state index contributed by atoms with van der Waals surface area (Å²) in [6, 6.07) is 0. The van der Waals surface area contributed by atoms with E-state index in [1.807, 2.05) is 48.5 Å². The molecule has 0 spiro atoms. The largest absolute Gasteiger partial charge is 0.458 e. The van der Waals surface area contributed by atoms with Gasteiger partial charge in [0.1, 0.15) is 14.6 Å². The van der Waals surface area contributed by atoms with Crippen molar-refractivity contribution < 1.29 is 19.1 Å². The summed E-state index contributed by atoms with van der Waals surface area (Å²) in [4.78, 5) is 26.0. The molecule has 6 heteroatoms. The fourth-order valence-electron chi connectivity index (χ4n) is 2.53. The number of rotatable bonds is 3. The van der Waals surface area contributed by atoms with E-state index in [1.54, 1.807) is 4.90 Å². The third kappa shape index (κ3) is 6.47. The summed E-state index contributed by atoms with van der Waals surface area (Å²) in [5.41, 5.74) is -1.01. The second-order valence-electron chi connectivity index (χ2n) is 8.21. The molecule has 0 unspecified atom stereocenters. The van der Waals surface area contributed by atoms with E-state index in [0.29, 0.717) is 13.1 Å². The Kier molecular flexibility index (Phi) is 6.38. The van der Waals surface area contributed by atoms with Crippen molar-refractivity contribution in [1.29, 1.82) is 0 Å². The highest BCUT2D eigenvalue weighted by Gasteiger charge is 2.39. The van der Waals surface area contributed by atoms with Crippen LogP contribution < -0.4 is 0 Å². The Hall–Kier alpha value is -0.530. The number of hydrogen-bond acceptors (Lipinski definition) is 4. The Labute approximate surface area is 153 Å². The molecular weight excluding hydrogens is 409 g/mol. The van der Waals surface area contributed by atoms with Gasteiger partial charge >= 0.3 is 12.1 Å². The van der Waals surface area contributed by atoms with Crippen LogP contribution in [0.3, 0.4) is 0 Å². The van der Waals surface area contributed by atoms with Gasteiger partial charge in [0, 0.05) is 19.0 Å². The number of nitrogens with zero attached hydrogens (tertiary/aromatic N) is 1. The van der Waals surface area contributed by atoms with Gasteiger partial charge in [0.05, 0.1) is 0 Å². The number of likely N-dealkylation sites (tertiary alicyclic amines) is 1. The molecule has 0 saturated carbocycles. The van der Waals surface area contributed by atoms with Crippen molar-refractivity contribution in [2.75, 3.05) is 13.1 Å². The van der Waals surface area contributed by atoms with Gasteiger partial charge in [0.25, 0.3) is 0 Å². The van der Waals surface area contributed by atoms with Gasteiger partial charge in [-0.1, -0.05) is 22.6 Å². The second kappa shape index (κ2) is 7.15. The lowest BCUT2D eigenvalue weighted by Crippen LogP contribution is -2.48. The number of alkyl halides is 1. The Morgan fingerprint density at radius 2 is 1.43 bits per heavy atom. The van der Waals surface area contributed by atoms with Gasteiger partial charge in [-0.15, -0.1) is 0 Å². The maximum atomic E-state index is 12.1. The van der Waals surface area contributed by atoms with Crippen LogP contribution in [0.1, 0.15) is 61.3 Å². The molecule has 23 heavy (non-hydrogen) atoms. The highest BCUT2D eigenvalue weighted by Crippen LogP contribution is 2.33. The first-order valence-electron chi connectivity index (χ1n) is 8.12. The zero-order valence-electron chi connectivity index (χ0n) is 15.4. The maximum Gasteiger partial charge on any atom is 0.410 e. The average molecular weight is 439 g/mol. The molecule has 0 aromatic rings. The lowest BCUT2D eigenvalue weighted by molar-refractivity contribution is -0.165. The fraction of sp³-hybridized carbons (Fsp3) is 0.882. The van der Waals surface area contributed by atoms with Gasteiger partial charge in [-0.25, -0.2) is 4.79 Å². The summed E-state index contributed by atoms with van der Waals surface area (Å²) in [6.07, 6.45) is 1.35. The first kappa shape index (κ1) is 20.5. The molecule has 5 nitrogen and oxygen atoms in total. The molecule has 0 radical (unpaired) electrons. The van der Waals surface area contributed by atoms with Crippen LogP contribution >= 0.6 is 22.6 Å². The molecule has 1 aliphatic rings. The van der Waals surface area contributed by atoms with Crippen LogP contribution in [0.2, 0.25) is 0 Å². The molecule has 1 rings (SSSR count).